The highest BCUT2D eigenvalue weighted by atomic mass is 32.2. The number of hydrogen-bond donors (Lipinski definition) is 0. The third kappa shape index (κ3) is 6.44. The largest absolute Gasteiger partial charge is 0.159 e. The molecule has 0 aromatic heterocycles. The van der Waals surface area contributed by atoms with Gasteiger partial charge in [-0.3, -0.25) is 0 Å². The van der Waals surface area contributed by atoms with Gasteiger partial charge in [0.05, 0.1) is 0 Å². The van der Waals surface area contributed by atoms with Gasteiger partial charge in [0.15, 0.2) is 0 Å². The third-order valence-electron chi connectivity index (χ3n) is 3.32. The molecule has 1 saturated carbocycles. The SMILES string of the molecule is CCCCSC1CCC(SCCCC)CC1. The lowest BCUT2D eigenvalue weighted by atomic mass is 10.00. The number of hydrogen-bond acceptors (Lipinski definition) is 2. The zero-order valence-electron chi connectivity index (χ0n) is 11.0. The van der Waals surface area contributed by atoms with Crippen molar-refractivity contribution in [2.24, 2.45) is 0 Å². The summed E-state index contributed by atoms with van der Waals surface area (Å²) in [5.41, 5.74) is 0. The molecule has 2 heteroatoms. The molecule has 0 unspecified atom stereocenters. The molecule has 0 aromatic carbocycles. The Morgan fingerprint density at radius 1 is 0.750 bits per heavy atom. The highest BCUT2D eigenvalue weighted by Gasteiger charge is 2.21. The van der Waals surface area contributed by atoms with Gasteiger partial charge in [-0.2, -0.15) is 23.5 Å². The van der Waals surface area contributed by atoms with Gasteiger partial charge < -0.3 is 0 Å². The first kappa shape index (κ1) is 14.8. The number of rotatable bonds is 8. The summed E-state index contributed by atoms with van der Waals surface area (Å²) in [7, 11) is 0. The Morgan fingerprint density at radius 2 is 1.12 bits per heavy atom. The van der Waals surface area contributed by atoms with Gasteiger partial charge in [0, 0.05) is 10.5 Å². The molecule has 0 amide bonds. The van der Waals surface area contributed by atoms with E-state index in [1.54, 1.807) is 0 Å². The first-order valence-electron chi connectivity index (χ1n) is 7.10. The van der Waals surface area contributed by atoms with Gasteiger partial charge in [-0.15, -0.1) is 0 Å². The summed E-state index contributed by atoms with van der Waals surface area (Å²) in [5.74, 6) is 2.80. The van der Waals surface area contributed by atoms with Crippen LogP contribution in [0.25, 0.3) is 0 Å². The van der Waals surface area contributed by atoms with Crippen molar-refractivity contribution in [1.82, 2.24) is 0 Å². The van der Waals surface area contributed by atoms with Crippen LogP contribution >= 0.6 is 23.5 Å². The molecular formula is C14H28S2. The summed E-state index contributed by atoms with van der Waals surface area (Å²) >= 11 is 4.49. The minimum Gasteiger partial charge on any atom is -0.159 e. The van der Waals surface area contributed by atoms with Gasteiger partial charge in [0.25, 0.3) is 0 Å². The first-order chi connectivity index (χ1) is 7.86. The summed E-state index contributed by atoms with van der Waals surface area (Å²) < 4.78 is 0. The smallest absolute Gasteiger partial charge is 0.00478 e. The van der Waals surface area contributed by atoms with Gasteiger partial charge in [0.2, 0.25) is 0 Å². The van der Waals surface area contributed by atoms with E-state index in [0.29, 0.717) is 0 Å². The molecule has 1 aliphatic carbocycles. The van der Waals surface area contributed by atoms with Crippen LogP contribution in [0.1, 0.15) is 65.2 Å². The molecule has 96 valence electrons. The zero-order chi connectivity index (χ0) is 11.6. The molecule has 1 aliphatic rings. The Labute approximate surface area is 111 Å². The van der Waals surface area contributed by atoms with Crippen molar-refractivity contribution < 1.29 is 0 Å². The molecule has 1 rings (SSSR count). The van der Waals surface area contributed by atoms with Crippen LogP contribution in [0.3, 0.4) is 0 Å². The molecule has 16 heavy (non-hydrogen) atoms. The summed E-state index contributed by atoms with van der Waals surface area (Å²) in [6.45, 7) is 4.59. The lowest BCUT2D eigenvalue weighted by Crippen LogP contribution is -2.18. The van der Waals surface area contributed by atoms with E-state index < -0.39 is 0 Å². The van der Waals surface area contributed by atoms with Crippen LogP contribution in [0.2, 0.25) is 0 Å². The van der Waals surface area contributed by atoms with E-state index in [-0.39, 0.29) is 0 Å². The third-order valence-corrected chi connectivity index (χ3v) is 6.26. The Kier molecular flexibility index (Phi) is 8.95. The van der Waals surface area contributed by atoms with Crippen LogP contribution < -0.4 is 0 Å². The highest BCUT2D eigenvalue weighted by Crippen LogP contribution is 2.34. The lowest BCUT2D eigenvalue weighted by molar-refractivity contribution is 0.527. The topological polar surface area (TPSA) is 0 Å². The molecule has 0 N–H and O–H groups in total. The van der Waals surface area contributed by atoms with Crippen molar-refractivity contribution in [3.05, 3.63) is 0 Å². The number of thioether (sulfide) groups is 2. The van der Waals surface area contributed by atoms with Crippen LogP contribution in [0, 0.1) is 0 Å². The first-order valence-corrected chi connectivity index (χ1v) is 9.19. The molecule has 0 atom stereocenters. The maximum Gasteiger partial charge on any atom is 0.00478 e. The van der Waals surface area contributed by atoms with E-state index in [1.807, 2.05) is 0 Å². The molecule has 0 saturated heterocycles. The molecule has 0 radical (unpaired) electrons. The monoisotopic (exact) mass is 260 g/mol. The van der Waals surface area contributed by atoms with E-state index in [0.717, 1.165) is 10.5 Å². The standard InChI is InChI=1S/C14H28S2/c1-3-5-11-15-13-7-9-14(10-8-13)16-12-6-4-2/h13-14H,3-12H2,1-2H3. The van der Waals surface area contributed by atoms with Crippen molar-refractivity contribution in [3.8, 4) is 0 Å². The molecule has 1 fully saturated rings. The van der Waals surface area contributed by atoms with Crippen LogP contribution in [0.5, 0.6) is 0 Å². The molecule has 0 spiro atoms. The highest BCUT2D eigenvalue weighted by molar-refractivity contribution is 8.00. The van der Waals surface area contributed by atoms with Gasteiger partial charge in [-0.1, -0.05) is 26.7 Å². The second-order valence-electron chi connectivity index (χ2n) is 4.85. The lowest BCUT2D eigenvalue weighted by Gasteiger charge is -2.27. The molecule has 0 bridgehead atoms. The van der Waals surface area contributed by atoms with Gasteiger partial charge in [-0.25, -0.2) is 0 Å². The van der Waals surface area contributed by atoms with Crippen molar-refractivity contribution in [1.29, 1.82) is 0 Å². The Morgan fingerprint density at radius 3 is 1.44 bits per heavy atom. The predicted molar refractivity (Wildman–Crippen MR) is 80.8 cm³/mol. The molecular weight excluding hydrogens is 232 g/mol. The molecule has 0 heterocycles. The van der Waals surface area contributed by atoms with Crippen LogP contribution in [-0.2, 0) is 0 Å². The maximum atomic E-state index is 2.29. The Bertz CT molecular complexity index is 133. The zero-order valence-corrected chi connectivity index (χ0v) is 12.7. The minimum atomic E-state index is 0.995. The number of unbranched alkanes of at least 4 members (excludes halogenated alkanes) is 2. The van der Waals surface area contributed by atoms with Crippen LogP contribution in [-0.4, -0.2) is 22.0 Å². The average Bonchev–Trinajstić information content (AvgIpc) is 2.32. The Hall–Kier alpha value is 0.700. The van der Waals surface area contributed by atoms with Crippen molar-refractivity contribution >= 4 is 23.5 Å². The van der Waals surface area contributed by atoms with Crippen molar-refractivity contribution in [3.63, 3.8) is 0 Å². The van der Waals surface area contributed by atoms with E-state index in [2.05, 4.69) is 37.4 Å². The summed E-state index contributed by atoms with van der Waals surface area (Å²) in [4.78, 5) is 0. The minimum absolute atomic E-state index is 0.995. The van der Waals surface area contributed by atoms with Crippen LogP contribution in [0.4, 0.5) is 0 Å². The summed E-state index contributed by atoms with van der Waals surface area (Å²) in [5, 5.41) is 1.99. The molecule has 0 nitrogen and oxygen atoms in total. The molecule has 0 aromatic rings. The fraction of sp³-hybridized carbons (Fsp3) is 1.00. The van der Waals surface area contributed by atoms with Gasteiger partial charge in [0.1, 0.15) is 0 Å². The van der Waals surface area contributed by atoms with Gasteiger partial charge in [-0.05, 0) is 50.0 Å². The van der Waals surface area contributed by atoms with E-state index in [9.17, 15) is 0 Å². The summed E-state index contributed by atoms with van der Waals surface area (Å²) in [6, 6.07) is 0. The average molecular weight is 261 g/mol. The van der Waals surface area contributed by atoms with Crippen molar-refractivity contribution in [2.45, 2.75) is 75.7 Å². The van der Waals surface area contributed by atoms with E-state index in [4.69, 9.17) is 0 Å². The van der Waals surface area contributed by atoms with E-state index in [1.165, 1.54) is 62.9 Å². The quantitative estimate of drug-likeness (QED) is 0.539. The van der Waals surface area contributed by atoms with E-state index >= 15 is 0 Å². The van der Waals surface area contributed by atoms with Crippen molar-refractivity contribution in [2.75, 3.05) is 11.5 Å². The summed E-state index contributed by atoms with van der Waals surface area (Å²) in [6.07, 6.45) is 11.5. The van der Waals surface area contributed by atoms with Crippen LogP contribution in [0.15, 0.2) is 0 Å². The maximum absolute atomic E-state index is 2.29. The second-order valence-corrected chi connectivity index (χ2v) is 7.66. The normalized spacial score (nSPS) is 25.9. The fourth-order valence-electron chi connectivity index (χ4n) is 2.15. The van der Waals surface area contributed by atoms with Gasteiger partial charge >= 0.3 is 0 Å². The molecule has 0 aliphatic heterocycles. The second kappa shape index (κ2) is 9.70. The predicted octanol–water partition coefficient (Wildman–Crippen LogP) is 5.36. The Balaban J connectivity index is 2.00. The fourth-order valence-corrected chi connectivity index (χ4v) is 4.94.